The Hall–Kier alpha value is -7.21. The van der Waals surface area contributed by atoms with E-state index in [1.807, 2.05) is 0 Å². The van der Waals surface area contributed by atoms with Gasteiger partial charge in [0.1, 0.15) is 0 Å². The molecular weight excluding hydrogens is 713 g/mol. The molecule has 0 spiro atoms. The quantitative estimate of drug-likeness (QED) is 0.153. The summed E-state index contributed by atoms with van der Waals surface area (Å²) in [7, 11) is 0. The molecule has 0 saturated carbocycles. The van der Waals surface area contributed by atoms with Crippen molar-refractivity contribution in [2.24, 2.45) is 0 Å². The molecule has 5 heteroatoms. The van der Waals surface area contributed by atoms with Crippen LogP contribution in [0.25, 0.3) is 70.7 Å². The Balaban J connectivity index is 1.15. The molecule has 0 atom stereocenters. The molecule has 57 heavy (non-hydrogen) atoms. The molecule has 0 aliphatic carbocycles. The lowest BCUT2D eigenvalue weighted by molar-refractivity contribution is 0.745. The Morgan fingerprint density at radius 2 is 0.842 bits per heavy atom. The molecule has 3 heterocycles. The number of hydrogen-bond donors (Lipinski definition) is 0. The van der Waals surface area contributed by atoms with Gasteiger partial charge in [0.15, 0.2) is 11.6 Å². The van der Waals surface area contributed by atoms with Gasteiger partial charge in [-0.1, -0.05) is 182 Å². The first-order valence-corrected chi connectivity index (χ1v) is 20.0. The zero-order valence-electron chi connectivity index (χ0n) is 30.8. The number of benzene rings is 8. The van der Waals surface area contributed by atoms with Crippen LogP contribution in [0.2, 0.25) is 0 Å². The minimum Gasteiger partial charge on any atom is -0.278 e. The number of fused-ring (bicyclic) bond motifs is 6. The number of nitrogens with zero attached hydrogens (tertiary/aromatic N) is 4. The van der Waals surface area contributed by atoms with Gasteiger partial charge in [-0.3, -0.25) is 4.57 Å². The van der Waals surface area contributed by atoms with Gasteiger partial charge in [0, 0.05) is 42.1 Å². The number of aromatic nitrogens is 4. The molecule has 0 aliphatic heterocycles. The van der Waals surface area contributed by atoms with Crippen LogP contribution in [-0.4, -0.2) is 19.5 Å². The molecule has 268 valence electrons. The average Bonchev–Trinajstić information content (AvgIpc) is 3.84. The summed E-state index contributed by atoms with van der Waals surface area (Å²) in [5.74, 6) is 1.85. The summed E-state index contributed by atoms with van der Waals surface area (Å²) in [4.78, 5) is 15.9. The minimum absolute atomic E-state index is 0.558. The van der Waals surface area contributed by atoms with E-state index in [4.69, 9.17) is 15.0 Å². The van der Waals surface area contributed by atoms with Crippen LogP contribution < -0.4 is 0 Å². The van der Waals surface area contributed by atoms with E-state index in [1.54, 1.807) is 11.3 Å². The third-order valence-electron chi connectivity index (χ3n) is 11.2. The highest BCUT2D eigenvalue weighted by molar-refractivity contribution is 7.26. The van der Waals surface area contributed by atoms with Crippen LogP contribution in [0.5, 0.6) is 0 Å². The highest BCUT2D eigenvalue weighted by Gasteiger charge is 2.38. The lowest BCUT2D eigenvalue weighted by atomic mass is 9.65. The van der Waals surface area contributed by atoms with E-state index in [2.05, 4.69) is 211 Å². The molecule has 0 unspecified atom stereocenters. The van der Waals surface area contributed by atoms with Crippen LogP contribution in [0.4, 0.5) is 0 Å². The first kappa shape index (κ1) is 33.2. The molecule has 0 bridgehead atoms. The fourth-order valence-electron chi connectivity index (χ4n) is 8.71. The normalized spacial score (nSPS) is 11.9. The van der Waals surface area contributed by atoms with Crippen LogP contribution in [0.1, 0.15) is 22.3 Å². The summed E-state index contributed by atoms with van der Waals surface area (Å²) in [5.41, 5.74) is 8.20. The summed E-state index contributed by atoms with van der Waals surface area (Å²) in [5, 5.41) is 4.76. The maximum Gasteiger partial charge on any atom is 0.238 e. The first-order valence-electron chi connectivity index (χ1n) is 19.2. The molecule has 11 rings (SSSR count). The number of hydrogen-bond acceptors (Lipinski definition) is 4. The second kappa shape index (κ2) is 13.5. The Morgan fingerprint density at radius 1 is 0.368 bits per heavy atom. The first-order chi connectivity index (χ1) is 28.3. The molecule has 0 radical (unpaired) electrons. The van der Waals surface area contributed by atoms with Crippen molar-refractivity contribution >= 4 is 53.3 Å². The molecule has 0 saturated heterocycles. The smallest absolute Gasteiger partial charge is 0.238 e. The van der Waals surface area contributed by atoms with Gasteiger partial charge in [0.2, 0.25) is 5.95 Å². The topological polar surface area (TPSA) is 43.6 Å². The summed E-state index contributed by atoms with van der Waals surface area (Å²) in [6.45, 7) is 0. The van der Waals surface area contributed by atoms with Crippen molar-refractivity contribution in [2.45, 2.75) is 5.41 Å². The van der Waals surface area contributed by atoms with Gasteiger partial charge >= 0.3 is 0 Å². The zero-order valence-corrected chi connectivity index (χ0v) is 31.6. The maximum atomic E-state index is 5.32. The van der Waals surface area contributed by atoms with Crippen molar-refractivity contribution in [3.63, 3.8) is 0 Å². The van der Waals surface area contributed by atoms with Crippen LogP contribution in [0.3, 0.4) is 0 Å². The fourth-order valence-corrected chi connectivity index (χ4v) is 9.92. The summed E-state index contributed by atoms with van der Waals surface area (Å²) < 4.78 is 4.59. The van der Waals surface area contributed by atoms with Crippen molar-refractivity contribution in [3.8, 4) is 28.7 Å². The van der Waals surface area contributed by atoms with Gasteiger partial charge in [-0.2, -0.15) is 9.97 Å². The Labute approximate surface area is 334 Å². The summed E-state index contributed by atoms with van der Waals surface area (Å²) >= 11 is 1.78. The van der Waals surface area contributed by atoms with Crippen molar-refractivity contribution < 1.29 is 0 Å². The molecule has 3 aromatic heterocycles. The van der Waals surface area contributed by atoms with E-state index >= 15 is 0 Å². The lowest BCUT2D eigenvalue weighted by Gasteiger charge is -2.37. The van der Waals surface area contributed by atoms with Crippen molar-refractivity contribution in [2.75, 3.05) is 0 Å². The molecule has 11 aromatic rings. The highest BCUT2D eigenvalue weighted by Crippen LogP contribution is 2.46. The SMILES string of the molecule is c1ccc(C(c2ccccc2)(c2ccccc2)c2ccc(-c3nc(-c4cccc5c4sc4ccccc45)nc(-n4c5ccccc5c5ccccc54)n3)cc2)cc1. The number of rotatable bonds is 7. The van der Waals surface area contributed by atoms with Crippen LogP contribution in [-0.2, 0) is 5.41 Å². The summed E-state index contributed by atoms with van der Waals surface area (Å²) in [6, 6.07) is 73.3. The van der Waals surface area contributed by atoms with Gasteiger partial charge in [-0.25, -0.2) is 4.98 Å². The van der Waals surface area contributed by atoms with Gasteiger partial charge in [0.25, 0.3) is 0 Å². The van der Waals surface area contributed by atoms with E-state index in [1.165, 1.54) is 32.2 Å². The second-order valence-electron chi connectivity index (χ2n) is 14.4. The van der Waals surface area contributed by atoms with Gasteiger partial charge in [0.05, 0.1) is 16.4 Å². The van der Waals surface area contributed by atoms with Gasteiger partial charge in [-0.15, -0.1) is 11.3 Å². The van der Waals surface area contributed by atoms with Crippen LogP contribution >= 0.6 is 11.3 Å². The van der Waals surface area contributed by atoms with Gasteiger partial charge in [-0.05, 0) is 46.5 Å². The third-order valence-corrected chi connectivity index (χ3v) is 12.5. The fraction of sp³-hybridized carbons (Fsp3) is 0.0192. The van der Waals surface area contributed by atoms with Crippen molar-refractivity contribution in [1.29, 1.82) is 0 Å². The lowest BCUT2D eigenvalue weighted by Crippen LogP contribution is -2.30. The molecular formula is C52H34N4S. The van der Waals surface area contributed by atoms with E-state index in [-0.39, 0.29) is 0 Å². The van der Waals surface area contributed by atoms with Gasteiger partial charge < -0.3 is 0 Å². The van der Waals surface area contributed by atoms with Crippen LogP contribution in [0.15, 0.2) is 206 Å². The highest BCUT2D eigenvalue weighted by atomic mass is 32.1. The largest absolute Gasteiger partial charge is 0.278 e. The van der Waals surface area contributed by atoms with E-state index in [9.17, 15) is 0 Å². The third kappa shape index (κ3) is 5.31. The minimum atomic E-state index is -0.558. The molecule has 0 aliphatic rings. The van der Waals surface area contributed by atoms with E-state index in [0.29, 0.717) is 17.6 Å². The molecule has 4 nitrogen and oxygen atoms in total. The standard InChI is InChI=1S/C52H34N4S/c1-4-17-36(18-5-1)52(37-19-6-2-7-20-37,38-21-8-3-9-22-38)39-33-31-35(32-34-39)49-53-50(44-27-16-26-43-42-25-12-15-30-47(42)57-48(43)44)55-51(54-49)56-45-28-13-10-23-40(45)41-24-11-14-29-46(41)56/h1-34H. The summed E-state index contributed by atoms with van der Waals surface area (Å²) in [6.07, 6.45) is 0. The van der Waals surface area contributed by atoms with Crippen molar-refractivity contribution in [1.82, 2.24) is 19.5 Å². The number of thiophene rings is 1. The molecule has 0 amide bonds. The number of para-hydroxylation sites is 2. The molecule has 8 aromatic carbocycles. The predicted molar refractivity (Wildman–Crippen MR) is 236 cm³/mol. The van der Waals surface area contributed by atoms with E-state index in [0.717, 1.165) is 43.2 Å². The zero-order chi connectivity index (χ0) is 37.8. The Kier molecular flexibility index (Phi) is 7.86. The maximum absolute atomic E-state index is 5.32. The monoisotopic (exact) mass is 746 g/mol. The predicted octanol–water partition coefficient (Wildman–Crippen LogP) is 13.1. The Morgan fingerprint density at radius 3 is 1.44 bits per heavy atom. The second-order valence-corrected chi connectivity index (χ2v) is 15.4. The average molecular weight is 747 g/mol. The molecule has 0 fully saturated rings. The molecule has 0 N–H and O–H groups in total. The Bertz CT molecular complexity index is 3070. The van der Waals surface area contributed by atoms with Crippen LogP contribution in [0, 0.1) is 0 Å². The van der Waals surface area contributed by atoms with Crippen molar-refractivity contribution in [3.05, 3.63) is 229 Å². The van der Waals surface area contributed by atoms with E-state index < -0.39 is 5.41 Å².